The molecule has 1 aliphatic carbocycles. The Morgan fingerprint density at radius 2 is 1.75 bits per heavy atom. The number of hydrogen-bond acceptors (Lipinski definition) is 5. The monoisotopic (exact) mass is 388 g/mol. The molecule has 2 aliphatic rings. The SMILES string of the molecule is COc1ccc(OC)c(C(=O)CN2CCC(NC(=O)C3CCCCC3)CC2)c1. The minimum atomic E-state index is 0.0282. The van der Waals surface area contributed by atoms with Crippen LogP contribution in [-0.2, 0) is 4.79 Å². The second kappa shape index (κ2) is 9.92. The summed E-state index contributed by atoms with van der Waals surface area (Å²) in [7, 11) is 3.15. The van der Waals surface area contributed by atoms with Gasteiger partial charge in [-0.2, -0.15) is 0 Å². The van der Waals surface area contributed by atoms with Crippen molar-refractivity contribution in [3.63, 3.8) is 0 Å². The van der Waals surface area contributed by atoms with Crippen LogP contribution in [0.15, 0.2) is 18.2 Å². The number of carbonyl (C=O) groups is 2. The van der Waals surface area contributed by atoms with E-state index in [0.29, 0.717) is 23.6 Å². The van der Waals surface area contributed by atoms with Gasteiger partial charge in [-0.1, -0.05) is 19.3 Å². The Hall–Kier alpha value is -2.08. The van der Waals surface area contributed by atoms with Crippen molar-refractivity contribution in [2.45, 2.75) is 51.0 Å². The number of benzene rings is 1. The number of hydrogen-bond donors (Lipinski definition) is 1. The van der Waals surface area contributed by atoms with Gasteiger partial charge >= 0.3 is 0 Å². The van der Waals surface area contributed by atoms with E-state index in [-0.39, 0.29) is 23.7 Å². The van der Waals surface area contributed by atoms with Crippen LogP contribution in [0.5, 0.6) is 11.5 Å². The van der Waals surface area contributed by atoms with Gasteiger partial charge in [-0.25, -0.2) is 0 Å². The molecule has 28 heavy (non-hydrogen) atoms. The Balaban J connectivity index is 1.49. The predicted molar refractivity (Wildman–Crippen MR) is 108 cm³/mol. The smallest absolute Gasteiger partial charge is 0.223 e. The summed E-state index contributed by atoms with van der Waals surface area (Å²) in [4.78, 5) is 27.4. The fourth-order valence-corrected chi connectivity index (χ4v) is 4.24. The molecule has 1 aliphatic heterocycles. The van der Waals surface area contributed by atoms with Gasteiger partial charge in [-0.05, 0) is 43.9 Å². The molecule has 3 rings (SSSR count). The highest BCUT2D eigenvalue weighted by atomic mass is 16.5. The number of nitrogens with one attached hydrogen (secondary N) is 1. The molecular formula is C22H32N2O4. The largest absolute Gasteiger partial charge is 0.497 e. The molecule has 1 saturated heterocycles. The maximum atomic E-state index is 12.8. The Bertz CT molecular complexity index is 677. The zero-order valence-corrected chi connectivity index (χ0v) is 17.0. The van der Waals surface area contributed by atoms with Gasteiger partial charge in [0.1, 0.15) is 11.5 Å². The van der Waals surface area contributed by atoms with E-state index in [1.54, 1.807) is 32.4 Å². The maximum absolute atomic E-state index is 12.8. The lowest BCUT2D eigenvalue weighted by atomic mass is 9.88. The normalized spacial score (nSPS) is 19.2. The zero-order valence-electron chi connectivity index (χ0n) is 17.0. The van der Waals surface area contributed by atoms with Crippen molar-refractivity contribution >= 4 is 11.7 Å². The Morgan fingerprint density at radius 1 is 1.04 bits per heavy atom. The summed E-state index contributed by atoms with van der Waals surface area (Å²) in [5.41, 5.74) is 0.551. The molecule has 6 heteroatoms. The molecule has 1 aromatic rings. The van der Waals surface area contributed by atoms with Crippen LogP contribution < -0.4 is 14.8 Å². The molecule has 1 aromatic carbocycles. The van der Waals surface area contributed by atoms with Crippen LogP contribution in [0.1, 0.15) is 55.3 Å². The first-order chi connectivity index (χ1) is 13.6. The van der Waals surface area contributed by atoms with E-state index in [4.69, 9.17) is 9.47 Å². The first-order valence-electron chi connectivity index (χ1n) is 10.4. The second-order valence-corrected chi connectivity index (χ2v) is 7.88. The van der Waals surface area contributed by atoms with Crippen LogP contribution in [0.25, 0.3) is 0 Å². The molecule has 0 spiro atoms. The van der Waals surface area contributed by atoms with E-state index in [1.165, 1.54) is 19.3 Å². The number of Topliss-reactive ketones (excluding diaryl/α,β-unsaturated/α-hetero) is 1. The molecule has 1 heterocycles. The molecule has 2 fully saturated rings. The molecule has 1 amide bonds. The average molecular weight is 389 g/mol. The topological polar surface area (TPSA) is 67.9 Å². The van der Waals surface area contributed by atoms with Crippen molar-refractivity contribution < 1.29 is 19.1 Å². The van der Waals surface area contributed by atoms with Gasteiger partial charge < -0.3 is 14.8 Å². The van der Waals surface area contributed by atoms with Crippen molar-refractivity contribution in [1.29, 1.82) is 0 Å². The minimum absolute atomic E-state index is 0.0282. The molecule has 0 aromatic heterocycles. The fraction of sp³-hybridized carbons (Fsp3) is 0.636. The summed E-state index contributed by atoms with van der Waals surface area (Å²) in [6.07, 6.45) is 7.44. The van der Waals surface area contributed by atoms with E-state index < -0.39 is 0 Å². The van der Waals surface area contributed by atoms with Gasteiger partial charge in [-0.15, -0.1) is 0 Å². The first kappa shape index (κ1) is 20.6. The summed E-state index contributed by atoms with van der Waals surface area (Å²) in [5.74, 6) is 1.68. The Labute approximate surface area is 167 Å². The second-order valence-electron chi connectivity index (χ2n) is 7.88. The molecule has 154 valence electrons. The van der Waals surface area contributed by atoms with E-state index in [9.17, 15) is 9.59 Å². The van der Waals surface area contributed by atoms with Crippen molar-refractivity contribution in [3.05, 3.63) is 23.8 Å². The average Bonchev–Trinajstić information content (AvgIpc) is 2.75. The number of amides is 1. The fourth-order valence-electron chi connectivity index (χ4n) is 4.24. The van der Waals surface area contributed by atoms with Gasteiger partial charge in [0.15, 0.2) is 5.78 Å². The van der Waals surface area contributed by atoms with Crippen molar-refractivity contribution in [1.82, 2.24) is 10.2 Å². The Kier molecular flexibility index (Phi) is 7.31. The number of piperidine rings is 1. The van der Waals surface area contributed by atoms with E-state index >= 15 is 0 Å². The number of likely N-dealkylation sites (tertiary alicyclic amines) is 1. The van der Waals surface area contributed by atoms with Gasteiger partial charge in [0.25, 0.3) is 0 Å². The first-order valence-corrected chi connectivity index (χ1v) is 10.4. The van der Waals surface area contributed by atoms with Gasteiger partial charge in [0, 0.05) is 25.0 Å². The van der Waals surface area contributed by atoms with Crippen molar-refractivity contribution in [2.75, 3.05) is 33.9 Å². The molecule has 0 atom stereocenters. The summed E-state index contributed by atoms with van der Waals surface area (Å²) < 4.78 is 10.6. The van der Waals surface area contributed by atoms with Crippen LogP contribution in [0.4, 0.5) is 0 Å². The van der Waals surface area contributed by atoms with Crippen LogP contribution in [0, 0.1) is 5.92 Å². The molecule has 1 saturated carbocycles. The minimum Gasteiger partial charge on any atom is -0.497 e. The Morgan fingerprint density at radius 3 is 2.39 bits per heavy atom. The highest BCUT2D eigenvalue weighted by Crippen LogP contribution is 2.26. The summed E-state index contributed by atoms with van der Waals surface area (Å²) in [6, 6.07) is 5.51. The number of carbonyl (C=O) groups excluding carboxylic acids is 2. The lowest BCUT2D eigenvalue weighted by Crippen LogP contribution is -2.47. The third kappa shape index (κ3) is 5.25. The predicted octanol–water partition coefficient (Wildman–Crippen LogP) is 3.05. The van der Waals surface area contributed by atoms with Gasteiger partial charge in [0.05, 0.1) is 26.3 Å². The standard InChI is InChI=1S/C22H32N2O4/c1-27-18-8-9-21(28-2)19(14-18)20(25)15-24-12-10-17(11-13-24)23-22(26)16-6-4-3-5-7-16/h8-9,14,16-17H,3-7,10-13,15H2,1-2H3,(H,23,26). The summed E-state index contributed by atoms with van der Waals surface area (Å²) in [6.45, 7) is 1.98. The molecule has 0 bridgehead atoms. The van der Waals surface area contributed by atoms with Crippen molar-refractivity contribution in [3.8, 4) is 11.5 Å². The lowest BCUT2D eigenvalue weighted by molar-refractivity contribution is -0.127. The number of methoxy groups -OCH3 is 2. The van der Waals surface area contributed by atoms with Gasteiger partial charge in [-0.3, -0.25) is 14.5 Å². The molecule has 0 unspecified atom stereocenters. The quantitative estimate of drug-likeness (QED) is 0.727. The van der Waals surface area contributed by atoms with Crippen molar-refractivity contribution in [2.24, 2.45) is 5.92 Å². The lowest BCUT2D eigenvalue weighted by Gasteiger charge is -2.33. The highest BCUT2D eigenvalue weighted by Gasteiger charge is 2.27. The molecule has 0 radical (unpaired) electrons. The maximum Gasteiger partial charge on any atom is 0.223 e. The van der Waals surface area contributed by atoms with Gasteiger partial charge in [0.2, 0.25) is 5.91 Å². The highest BCUT2D eigenvalue weighted by molar-refractivity contribution is 6.00. The summed E-state index contributed by atoms with van der Waals surface area (Å²) >= 11 is 0. The third-order valence-corrected chi connectivity index (χ3v) is 5.98. The zero-order chi connectivity index (χ0) is 19.9. The van der Waals surface area contributed by atoms with Crippen LogP contribution in [-0.4, -0.2) is 56.5 Å². The number of ether oxygens (including phenoxy) is 2. The van der Waals surface area contributed by atoms with E-state index in [0.717, 1.165) is 38.8 Å². The van der Waals surface area contributed by atoms with Crippen LogP contribution in [0.2, 0.25) is 0 Å². The van der Waals surface area contributed by atoms with E-state index in [2.05, 4.69) is 10.2 Å². The van der Waals surface area contributed by atoms with Crippen LogP contribution in [0.3, 0.4) is 0 Å². The van der Waals surface area contributed by atoms with Crippen LogP contribution >= 0.6 is 0 Å². The number of nitrogens with zero attached hydrogens (tertiary/aromatic N) is 1. The molecular weight excluding hydrogens is 356 g/mol. The molecule has 1 N–H and O–H groups in total. The summed E-state index contributed by atoms with van der Waals surface area (Å²) in [5, 5.41) is 3.24. The number of rotatable bonds is 7. The number of ketones is 1. The third-order valence-electron chi connectivity index (χ3n) is 5.98. The van der Waals surface area contributed by atoms with E-state index in [1.807, 2.05) is 0 Å². The molecule has 6 nitrogen and oxygen atoms in total.